The first-order chi connectivity index (χ1) is 6.18. The zero-order valence-electron chi connectivity index (χ0n) is 6.98. The monoisotopic (exact) mass is 216 g/mol. The van der Waals surface area contributed by atoms with Gasteiger partial charge in [0.25, 0.3) is 0 Å². The Bertz CT molecular complexity index is 311. The number of halogens is 2. The van der Waals surface area contributed by atoms with Crippen molar-refractivity contribution in [1.82, 2.24) is 5.32 Å². The quantitative estimate of drug-likeness (QED) is 0.709. The van der Waals surface area contributed by atoms with E-state index in [1.807, 2.05) is 12.1 Å². The van der Waals surface area contributed by atoms with E-state index in [4.69, 9.17) is 28.9 Å². The van der Waals surface area contributed by atoms with E-state index in [2.05, 4.69) is 5.32 Å². The molecule has 1 aliphatic rings. The summed E-state index contributed by atoms with van der Waals surface area (Å²) in [4.78, 5) is 0. The van der Waals surface area contributed by atoms with Crippen LogP contribution in [0.5, 0.6) is 0 Å². The topological polar surface area (TPSA) is 38.0 Å². The van der Waals surface area contributed by atoms with Crippen molar-refractivity contribution >= 4 is 28.9 Å². The van der Waals surface area contributed by atoms with Crippen molar-refractivity contribution in [3.8, 4) is 0 Å². The smallest absolute Gasteiger partial charge is 0.0693 e. The SMILES string of the molecule is Nc1c(Cl)cc([C@H]2CCN2)cc1Cl. The van der Waals surface area contributed by atoms with Crippen molar-refractivity contribution < 1.29 is 0 Å². The van der Waals surface area contributed by atoms with Crippen molar-refractivity contribution in [2.45, 2.75) is 12.5 Å². The zero-order chi connectivity index (χ0) is 9.42. The van der Waals surface area contributed by atoms with Crippen molar-refractivity contribution in [2.75, 3.05) is 12.3 Å². The Morgan fingerprint density at radius 3 is 2.23 bits per heavy atom. The minimum Gasteiger partial charge on any atom is -0.396 e. The lowest BCUT2D eigenvalue weighted by Crippen LogP contribution is -2.34. The molecule has 1 atom stereocenters. The van der Waals surface area contributed by atoms with Gasteiger partial charge in [0.2, 0.25) is 0 Å². The van der Waals surface area contributed by atoms with E-state index >= 15 is 0 Å². The van der Waals surface area contributed by atoms with Crippen molar-refractivity contribution in [1.29, 1.82) is 0 Å². The number of rotatable bonds is 1. The molecule has 1 saturated heterocycles. The molecule has 0 unspecified atom stereocenters. The molecule has 1 aromatic carbocycles. The van der Waals surface area contributed by atoms with Gasteiger partial charge in [0.15, 0.2) is 0 Å². The highest BCUT2D eigenvalue weighted by Gasteiger charge is 2.19. The molecule has 0 aromatic heterocycles. The molecule has 2 nitrogen and oxygen atoms in total. The first-order valence-electron chi connectivity index (χ1n) is 4.16. The lowest BCUT2D eigenvalue weighted by molar-refractivity contribution is 0.383. The normalized spacial score (nSPS) is 21.2. The predicted octanol–water partition coefficient (Wildman–Crippen LogP) is 2.61. The summed E-state index contributed by atoms with van der Waals surface area (Å²) in [6.07, 6.45) is 1.14. The summed E-state index contributed by atoms with van der Waals surface area (Å²) in [6.45, 7) is 1.06. The highest BCUT2D eigenvalue weighted by atomic mass is 35.5. The van der Waals surface area contributed by atoms with E-state index in [1.165, 1.54) is 0 Å². The average molecular weight is 217 g/mol. The molecule has 0 radical (unpaired) electrons. The molecule has 2 rings (SSSR count). The standard InChI is InChI=1S/C9H10Cl2N2/c10-6-3-5(8-1-2-13-8)4-7(11)9(6)12/h3-4,8,13H,1-2,12H2/t8-/m1/s1. The molecule has 1 heterocycles. The Morgan fingerprint density at radius 1 is 1.31 bits per heavy atom. The van der Waals surface area contributed by atoms with Crippen molar-refractivity contribution in [3.63, 3.8) is 0 Å². The van der Waals surface area contributed by atoms with Gasteiger partial charge in [-0.25, -0.2) is 0 Å². The van der Waals surface area contributed by atoms with Gasteiger partial charge in [-0.3, -0.25) is 0 Å². The lowest BCUT2D eigenvalue weighted by atomic mass is 9.98. The van der Waals surface area contributed by atoms with E-state index in [0.717, 1.165) is 18.5 Å². The Kier molecular flexibility index (Phi) is 2.37. The summed E-state index contributed by atoms with van der Waals surface area (Å²) >= 11 is 11.8. The van der Waals surface area contributed by atoms with E-state index in [0.29, 0.717) is 21.8 Å². The second kappa shape index (κ2) is 3.37. The minimum absolute atomic E-state index is 0.399. The molecular formula is C9H10Cl2N2. The van der Waals surface area contributed by atoms with Crippen LogP contribution in [-0.4, -0.2) is 6.54 Å². The number of hydrogen-bond donors (Lipinski definition) is 2. The second-order valence-corrected chi connectivity index (χ2v) is 4.01. The highest BCUT2D eigenvalue weighted by molar-refractivity contribution is 6.38. The summed E-state index contributed by atoms with van der Waals surface area (Å²) in [6, 6.07) is 4.15. The Balaban J connectivity index is 2.37. The summed E-state index contributed by atoms with van der Waals surface area (Å²) in [5.74, 6) is 0. The second-order valence-electron chi connectivity index (χ2n) is 3.19. The molecule has 0 amide bonds. The summed E-state index contributed by atoms with van der Waals surface area (Å²) in [7, 11) is 0. The van der Waals surface area contributed by atoms with Crippen LogP contribution in [0.15, 0.2) is 12.1 Å². The maximum Gasteiger partial charge on any atom is 0.0693 e. The van der Waals surface area contributed by atoms with E-state index in [1.54, 1.807) is 0 Å². The van der Waals surface area contributed by atoms with Gasteiger partial charge in [0.05, 0.1) is 15.7 Å². The molecule has 1 aliphatic heterocycles. The summed E-state index contributed by atoms with van der Waals surface area (Å²) < 4.78 is 0. The van der Waals surface area contributed by atoms with Gasteiger partial charge >= 0.3 is 0 Å². The fraction of sp³-hybridized carbons (Fsp3) is 0.333. The molecule has 0 spiro atoms. The largest absolute Gasteiger partial charge is 0.396 e. The minimum atomic E-state index is 0.399. The van der Waals surface area contributed by atoms with Gasteiger partial charge in [0, 0.05) is 6.04 Å². The number of benzene rings is 1. The van der Waals surface area contributed by atoms with Crippen LogP contribution < -0.4 is 11.1 Å². The molecule has 0 bridgehead atoms. The average Bonchev–Trinajstić information content (AvgIpc) is 1.96. The third-order valence-electron chi connectivity index (χ3n) is 2.33. The van der Waals surface area contributed by atoms with Crippen molar-refractivity contribution in [3.05, 3.63) is 27.7 Å². The molecule has 1 aromatic rings. The molecule has 0 aliphatic carbocycles. The fourth-order valence-corrected chi connectivity index (χ4v) is 1.88. The first-order valence-corrected chi connectivity index (χ1v) is 4.92. The predicted molar refractivity (Wildman–Crippen MR) is 56.2 cm³/mol. The highest BCUT2D eigenvalue weighted by Crippen LogP contribution is 2.33. The molecule has 4 heteroatoms. The van der Waals surface area contributed by atoms with Gasteiger partial charge in [-0.05, 0) is 30.7 Å². The summed E-state index contributed by atoms with van der Waals surface area (Å²) in [5.41, 5.74) is 7.21. The number of anilines is 1. The van der Waals surface area contributed by atoms with Crippen LogP contribution in [0.25, 0.3) is 0 Å². The molecule has 3 N–H and O–H groups in total. The first kappa shape index (κ1) is 9.13. The van der Waals surface area contributed by atoms with Crippen LogP contribution in [0.2, 0.25) is 10.0 Å². The van der Waals surface area contributed by atoms with Gasteiger partial charge in [-0.1, -0.05) is 23.2 Å². The molecule has 0 saturated carbocycles. The van der Waals surface area contributed by atoms with E-state index in [9.17, 15) is 0 Å². The number of nitrogen functional groups attached to an aromatic ring is 1. The van der Waals surface area contributed by atoms with Crippen LogP contribution in [0.4, 0.5) is 5.69 Å². The zero-order valence-corrected chi connectivity index (χ0v) is 8.49. The fourth-order valence-electron chi connectivity index (χ4n) is 1.38. The number of nitrogens with one attached hydrogen (secondary N) is 1. The van der Waals surface area contributed by atoms with Gasteiger partial charge in [0.1, 0.15) is 0 Å². The molecular weight excluding hydrogens is 207 g/mol. The van der Waals surface area contributed by atoms with E-state index < -0.39 is 0 Å². The van der Waals surface area contributed by atoms with E-state index in [-0.39, 0.29) is 0 Å². The maximum absolute atomic E-state index is 5.91. The van der Waals surface area contributed by atoms with Crippen LogP contribution in [0, 0.1) is 0 Å². The maximum atomic E-state index is 5.91. The Hall–Kier alpha value is -0.440. The number of nitrogens with two attached hydrogens (primary N) is 1. The van der Waals surface area contributed by atoms with Gasteiger partial charge < -0.3 is 11.1 Å². The Labute approximate surface area is 87.0 Å². The lowest BCUT2D eigenvalue weighted by Gasteiger charge is -2.28. The van der Waals surface area contributed by atoms with Crippen LogP contribution >= 0.6 is 23.2 Å². The van der Waals surface area contributed by atoms with Gasteiger partial charge in [-0.2, -0.15) is 0 Å². The third kappa shape index (κ3) is 1.62. The Morgan fingerprint density at radius 2 is 1.85 bits per heavy atom. The molecule has 13 heavy (non-hydrogen) atoms. The molecule has 1 fully saturated rings. The third-order valence-corrected chi connectivity index (χ3v) is 2.95. The van der Waals surface area contributed by atoms with Crippen LogP contribution in [-0.2, 0) is 0 Å². The van der Waals surface area contributed by atoms with Crippen LogP contribution in [0.1, 0.15) is 18.0 Å². The summed E-state index contributed by atoms with van der Waals surface area (Å²) in [5, 5.41) is 4.35. The molecule has 70 valence electrons. The van der Waals surface area contributed by atoms with Crippen LogP contribution in [0.3, 0.4) is 0 Å². The van der Waals surface area contributed by atoms with Gasteiger partial charge in [-0.15, -0.1) is 0 Å². The van der Waals surface area contributed by atoms with Crippen molar-refractivity contribution in [2.24, 2.45) is 0 Å². The number of hydrogen-bond acceptors (Lipinski definition) is 2.